The largest absolute Gasteiger partial charge is 0.486 e. The number of ether oxygens (including phenoxy) is 1. The van der Waals surface area contributed by atoms with Crippen LogP contribution in [0.15, 0.2) is 100 Å². The monoisotopic (exact) mass is 692 g/mol. The highest BCUT2D eigenvalue weighted by atomic mass is 32.2. The lowest BCUT2D eigenvalue weighted by Gasteiger charge is -2.16. The number of anilines is 2. The summed E-state index contributed by atoms with van der Waals surface area (Å²) in [6.45, 7) is 5.07. The molecule has 242 valence electrons. The number of nitrogens with zero attached hydrogens (tertiary/aromatic N) is 5. The van der Waals surface area contributed by atoms with Crippen molar-refractivity contribution in [1.29, 1.82) is 0 Å². The van der Waals surface area contributed by atoms with Gasteiger partial charge in [0.25, 0.3) is 0 Å². The molecular weight excluding hydrogens is 661 g/mol. The molecule has 9 nitrogen and oxygen atoms in total. The normalized spacial score (nSPS) is 12.3. The third-order valence-corrected chi connectivity index (χ3v) is 11.1. The maximum Gasteiger partial charge on any atom is 0.237 e. The van der Waals surface area contributed by atoms with E-state index in [1.807, 2.05) is 94.4 Å². The number of benzene rings is 4. The SMILES string of the molecule is Cc1ccc(OCc2nnc(SCC(=O)Nc3ccc4nc(SCC(=O)N5CCc6ccccc65)sc4c3)n2-c2ccccc2)cc1C. The first kappa shape index (κ1) is 31.9. The summed E-state index contributed by atoms with van der Waals surface area (Å²) in [6, 6.07) is 29.5. The summed E-state index contributed by atoms with van der Waals surface area (Å²) in [5, 5.41) is 12.4. The zero-order chi connectivity index (χ0) is 33.0. The Hall–Kier alpha value is -4.65. The Morgan fingerprint density at radius 3 is 2.58 bits per heavy atom. The number of para-hydroxylation sites is 2. The van der Waals surface area contributed by atoms with Gasteiger partial charge in [-0.2, -0.15) is 0 Å². The topological polar surface area (TPSA) is 102 Å². The Labute approximate surface area is 290 Å². The average molecular weight is 693 g/mol. The third-order valence-electron chi connectivity index (χ3n) is 8.05. The first-order chi connectivity index (χ1) is 23.4. The minimum Gasteiger partial charge on any atom is -0.486 e. The minimum atomic E-state index is -0.162. The number of amides is 2. The summed E-state index contributed by atoms with van der Waals surface area (Å²) >= 11 is 4.28. The molecule has 2 amide bonds. The molecule has 0 spiro atoms. The average Bonchev–Trinajstić information content (AvgIpc) is 3.83. The molecule has 0 saturated heterocycles. The zero-order valence-corrected chi connectivity index (χ0v) is 28.8. The maximum atomic E-state index is 13.1. The Kier molecular flexibility index (Phi) is 9.46. The molecular formula is C36H32N6O3S3. The summed E-state index contributed by atoms with van der Waals surface area (Å²) in [7, 11) is 0. The molecule has 4 aromatic carbocycles. The molecule has 2 aromatic heterocycles. The molecule has 7 rings (SSSR count). The van der Waals surface area contributed by atoms with Crippen molar-refractivity contribution in [2.75, 3.05) is 28.3 Å². The number of hydrogen-bond donors (Lipinski definition) is 1. The van der Waals surface area contributed by atoms with Gasteiger partial charge in [0.05, 0.1) is 21.7 Å². The van der Waals surface area contributed by atoms with E-state index in [0.29, 0.717) is 29.0 Å². The highest BCUT2D eigenvalue weighted by Crippen LogP contribution is 2.33. The number of hydrogen-bond acceptors (Lipinski definition) is 9. The van der Waals surface area contributed by atoms with E-state index in [4.69, 9.17) is 9.72 Å². The Morgan fingerprint density at radius 2 is 1.73 bits per heavy atom. The molecule has 0 bridgehead atoms. The van der Waals surface area contributed by atoms with Crippen LogP contribution in [0.5, 0.6) is 5.75 Å². The highest BCUT2D eigenvalue weighted by molar-refractivity contribution is 8.01. The Balaban J connectivity index is 0.974. The van der Waals surface area contributed by atoms with Crippen LogP contribution in [0.2, 0.25) is 0 Å². The van der Waals surface area contributed by atoms with Gasteiger partial charge in [0.2, 0.25) is 11.8 Å². The first-order valence-electron chi connectivity index (χ1n) is 15.5. The van der Waals surface area contributed by atoms with Gasteiger partial charge in [-0.15, -0.1) is 21.5 Å². The van der Waals surface area contributed by atoms with Crippen molar-refractivity contribution in [1.82, 2.24) is 19.7 Å². The summed E-state index contributed by atoms with van der Waals surface area (Å²) in [6.07, 6.45) is 0.887. The van der Waals surface area contributed by atoms with Crippen molar-refractivity contribution in [2.45, 2.75) is 36.4 Å². The van der Waals surface area contributed by atoms with Crippen LogP contribution in [0, 0.1) is 13.8 Å². The van der Waals surface area contributed by atoms with Gasteiger partial charge in [-0.25, -0.2) is 4.98 Å². The van der Waals surface area contributed by atoms with E-state index >= 15 is 0 Å². The number of thioether (sulfide) groups is 2. The van der Waals surface area contributed by atoms with Gasteiger partial charge < -0.3 is 15.0 Å². The van der Waals surface area contributed by atoms with Crippen LogP contribution in [0.4, 0.5) is 11.4 Å². The predicted octanol–water partition coefficient (Wildman–Crippen LogP) is 7.49. The minimum absolute atomic E-state index is 0.0822. The van der Waals surface area contributed by atoms with Crippen molar-refractivity contribution < 1.29 is 14.3 Å². The van der Waals surface area contributed by atoms with Gasteiger partial charge in [-0.05, 0) is 85.5 Å². The van der Waals surface area contributed by atoms with Gasteiger partial charge in [-0.1, -0.05) is 66.0 Å². The van der Waals surface area contributed by atoms with Crippen molar-refractivity contribution in [3.05, 3.63) is 114 Å². The molecule has 6 aromatic rings. The van der Waals surface area contributed by atoms with E-state index in [1.165, 1.54) is 46.0 Å². The van der Waals surface area contributed by atoms with E-state index in [-0.39, 0.29) is 24.2 Å². The molecule has 12 heteroatoms. The van der Waals surface area contributed by atoms with Crippen molar-refractivity contribution in [3.8, 4) is 11.4 Å². The van der Waals surface area contributed by atoms with Gasteiger partial charge in [0.1, 0.15) is 12.4 Å². The van der Waals surface area contributed by atoms with Crippen LogP contribution in [-0.4, -0.2) is 49.6 Å². The van der Waals surface area contributed by atoms with E-state index < -0.39 is 0 Å². The smallest absolute Gasteiger partial charge is 0.237 e. The summed E-state index contributed by atoms with van der Waals surface area (Å²) in [5.74, 6) is 1.79. The number of nitrogens with one attached hydrogen (secondary N) is 1. The third kappa shape index (κ3) is 7.10. The van der Waals surface area contributed by atoms with Crippen molar-refractivity contribution >= 4 is 68.3 Å². The quantitative estimate of drug-likeness (QED) is 0.140. The maximum absolute atomic E-state index is 13.1. The van der Waals surface area contributed by atoms with Gasteiger partial charge in [-0.3, -0.25) is 14.2 Å². The number of thiazole rings is 1. The Bertz CT molecular complexity index is 2110. The molecule has 0 unspecified atom stereocenters. The molecule has 0 fully saturated rings. The zero-order valence-electron chi connectivity index (χ0n) is 26.4. The van der Waals surface area contributed by atoms with E-state index in [0.717, 1.165) is 43.7 Å². The fraction of sp³-hybridized carbons (Fsp3) is 0.194. The summed E-state index contributed by atoms with van der Waals surface area (Å²) in [5.41, 5.74) is 6.99. The molecule has 48 heavy (non-hydrogen) atoms. The van der Waals surface area contributed by atoms with Crippen LogP contribution in [0.1, 0.15) is 22.5 Å². The predicted molar refractivity (Wildman–Crippen MR) is 194 cm³/mol. The molecule has 0 aliphatic carbocycles. The number of carbonyl (C=O) groups is 2. The summed E-state index contributed by atoms with van der Waals surface area (Å²) < 4.78 is 9.76. The lowest BCUT2D eigenvalue weighted by Crippen LogP contribution is -2.30. The van der Waals surface area contributed by atoms with Gasteiger partial charge in [0, 0.05) is 23.6 Å². The fourth-order valence-corrected chi connectivity index (χ4v) is 8.20. The highest BCUT2D eigenvalue weighted by Gasteiger charge is 2.24. The number of aryl methyl sites for hydroxylation is 2. The molecule has 1 aliphatic heterocycles. The van der Waals surface area contributed by atoms with Crippen LogP contribution in [-0.2, 0) is 22.6 Å². The lowest BCUT2D eigenvalue weighted by molar-refractivity contribution is -0.116. The molecule has 1 aliphatic rings. The second-order valence-corrected chi connectivity index (χ2v) is 14.5. The molecule has 0 atom stereocenters. The second-order valence-electron chi connectivity index (χ2n) is 11.3. The first-order valence-corrected chi connectivity index (χ1v) is 18.2. The lowest BCUT2D eigenvalue weighted by atomic mass is 10.1. The van der Waals surface area contributed by atoms with E-state index in [2.05, 4.69) is 35.4 Å². The fourth-order valence-electron chi connectivity index (χ4n) is 5.44. The Morgan fingerprint density at radius 1 is 0.896 bits per heavy atom. The molecule has 0 saturated carbocycles. The molecule has 3 heterocycles. The van der Waals surface area contributed by atoms with Gasteiger partial charge in [0.15, 0.2) is 15.3 Å². The summed E-state index contributed by atoms with van der Waals surface area (Å²) in [4.78, 5) is 32.6. The number of rotatable bonds is 11. The van der Waals surface area contributed by atoms with Crippen molar-refractivity contribution in [2.24, 2.45) is 0 Å². The second kappa shape index (κ2) is 14.2. The molecule has 1 N–H and O–H groups in total. The van der Waals surface area contributed by atoms with E-state index in [1.54, 1.807) is 0 Å². The standard InChI is InChI=1S/C36H32N6O3S3/c1-23-12-14-28(18-24(23)2)45-20-32-39-40-35(42(32)27-9-4-3-5-10-27)46-21-33(43)37-26-13-15-29-31(19-26)48-36(38-29)47-22-34(44)41-17-16-25-8-6-7-11-30(25)41/h3-15,18-19H,16-17,20-22H2,1-2H3,(H,37,43). The number of aromatic nitrogens is 4. The van der Waals surface area contributed by atoms with Gasteiger partial charge >= 0.3 is 0 Å². The van der Waals surface area contributed by atoms with Crippen LogP contribution >= 0.6 is 34.9 Å². The number of fused-ring (bicyclic) bond motifs is 2. The van der Waals surface area contributed by atoms with Crippen molar-refractivity contribution in [3.63, 3.8) is 0 Å². The number of carbonyl (C=O) groups excluding carboxylic acids is 2. The van der Waals surface area contributed by atoms with Crippen LogP contribution in [0.25, 0.3) is 15.9 Å². The molecule has 0 radical (unpaired) electrons. The van der Waals surface area contributed by atoms with Crippen LogP contribution in [0.3, 0.4) is 0 Å². The van der Waals surface area contributed by atoms with Crippen LogP contribution < -0.4 is 15.0 Å². The van der Waals surface area contributed by atoms with E-state index in [9.17, 15) is 9.59 Å².